The van der Waals surface area contributed by atoms with Gasteiger partial charge in [0.2, 0.25) is 5.89 Å². The lowest BCUT2D eigenvalue weighted by Gasteiger charge is -2.00. The van der Waals surface area contributed by atoms with Crippen molar-refractivity contribution in [2.24, 2.45) is 7.05 Å². The monoisotopic (exact) mass is 361 g/mol. The van der Waals surface area contributed by atoms with E-state index in [1.54, 1.807) is 36.0 Å². The summed E-state index contributed by atoms with van der Waals surface area (Å²) < 4.78 is 31.3. The van der Waals surface area contributed by atoms with Gasteiger partial charge < -0.3 is 4.42 Å². The second-order valence-corrected chi connectivity index (χ2v) is 7.31. The third kappa shape index (κ3) is 3.74. The molecule has 0 aliphatic carbocycles. The zero-order chi connectivity index (χ0) is 18.0. The van der Waals surface area contributed by atoms with Crippen LogP contribution in [0.25, 0.3) is 0 Å². The van der Waals surface area contributed by atoms with Gasteiger partial charge in [-0.25, -0.2) is 8.42 Å². The van der Waals surface area contributed by atoms with Crippen LogP contribution in [0.4, 0.5) is 6.01 Å². The van der Waals surface area contributed by atoms with Crippen molar-refractivity contribution in [1.82, 2.24) is 20.0 Å². The van der Waals surface area contributed by atoms with Crippen LogP contribution in [0.1, 0.15) is 22.1 Å². The number of benzene rings is 1. The maximum absolute atomic E-state index is 12.3. The first-order valence-electron chi connectivity index (χ1n) is 7.27. The molecule has 0 unspecified atom stereocenters. The lowest BCUT2D eigenvalue weighted by atomic mass is 10.3. The Morgan fingerprint density at radius 1 is 1.24 bits per heavy atom. The molecule has 2 heterocycles. The van der Waals surface area contributed by atoms with Gasteiger partial charge in [0.25, 0.3) is 5.91 Å². The van der Waals surface area contributed by atoms with E-state index in [1.165, 1.54) is 12.1 Å². The highest BCUT2D eigenvalue weighted by molar-refractivity contribution is 7.90. The van der Waals surface area contributed by atoms with E-state index in [4.69, 9.17) is 4.42 Å². The minimum atomic E-state index is -3.61. The van der Waals surface area contributed by atoms with Gasteiger partial charge in [-0.1, -0.05) is 23.3 Å². The molecule has 0 spiro atoms. The molecule has 0 saturated carbocycles. The summed E-state index contributed by atoms with van der Waals surface area (Å²) in [6, 6.07) is 9.36. The van der Waals surface area contributed by atoms with Crippen LogP contribution in [0.3, 0.4) is 0 Å². The number of amides is 1. The Bertz CT molecular complexity index is 988. The first-order chi connectivity index (χ1) is 11.8. The van der Waals surface area contributed by atoms with Gasteiger partial charge in [-0.3, -0.25) is 14.8 Å². The zero-order valence-corrected chi connectivity index (χ0v) is 14.3. The average molecular weight is 361 g/mol. The lowest BCUT2D eigenvalue weighted by Crippen LogP contribution is -2.13. The quantitative estimate of drug-likeness (QED) is 0.728. The summed E-state index contributed by atoms with van der Waals surface area (Å²) in [5, 5.41) is 13.7. The predicted octanol–water partition coefficient (Wildman–Crippen LogP) is 1.34. The number of carbonyl (C=O) groups is 1. The van der Waals surface area contributed by atoms with Gasteiger partial charge in [-0.05, 0) is 25.1 Å². The van der Waals surface area contributed by atoms with E-state index in [0.29, 0.717) is 0 Å². The fraction of sp³-hybridized carbons (Fsp3) is 0.200. The highest BCUT2D eigenvalue weighted by Crippen LogP contribution is 2.17. The summed E-state index contributed by atoms with van der Waals surface area (Å²) in [4.78, 5) is 12.2. The van der Waals surface area contributed by atoms with Gasteiger partial charge in [0, 0.05) is 12.7 Å². The Morgan fingerprint density at radius 3 is 2.60 bits per heavy atom. The van der Waals surface area contributed by atoms with Crippen molar-refractivity contribution in [3.05, 3.63) is 53.7 Å². The van der Waals surface area contributed by atoms with Crippen LogP contribution in [-0.4, -0.2) is 34.3 Å². The second kappa shape index (κ2) is 6.48. The van der Waals surface area contributed by atoms with E-state index < -0.39 is 21.5 Å². The van der Waals surface area contributed by atoms with Crippen LogP contribution in [0.2, 0.25) is 0 Å². The van der Waals surface area contributed by atoms with E-state index in [1.807, 2.05) is 6.92 Å². The standard InChI is InChI=1S/C15H15N5O4S/c1-10-8-12(19-20(10)2)14(21)16-15-18-17-13(24-15)9-25(22,23)11-6-4-3-5-7-11/h3-8H,9H2,1-2H3,(H,16,18,21). The molecule has 1 N–H and O–H groups in total. The molecular weight excluding hydrogens is 346 g/mol. The molecule has 1 amide bonds. The number of aromatic nitrogens is 4. The summed E-state index contributed by atoms with van der Waals surface area (Å²) in [7, 11) is -1.89. The summed E-state index contributed by atoms with van der Waals surface area (Å²) in [5.41, 5.74) is 1.00. The van der Waals surface area contributed by atoms with E-state index in [9.17, 15) is 13.2 Å². The number of sulfone groups is 1. The number of hydrogen-bond acceptors (Lipinski definition) is 7. The van der Waals surface area contributed by atoms with Crippen molar-refractivity contribution in [2.75, 3.05) is 5.32 Å². The van der Waals surface area contributed by atoms with Crippen LogP contribution >= 0.6 is 0 Å². The first-order valence-corrected chi connectivity index (χ1v) is 8.92. The van der Waals surface area contributed by atoms with Gasteiger partial charge in [0.15, 0.2) is 15.5 Å². The number of anilines is 1. The molecule has 2 aromatic heterocycles. The molecule has 25 heavy (non-hydrogen) atoms. The molecule has 0 fully saturated rings. The van der Waals surface area contributed by atoms with Crippen molar-refractivity contribution < 1.29 is 17.6 Å². The van der Waals surface area contributed by atoms with Gasteiger partial charge in [-0.15, -0.1) is 5.10 Å². The molecule has 0 radical (unpaired) electrons. The van der Waals surface area contributed by atoms with E-state index >= 15 is 0 Å². The molecule has 10 heteroatoms. The Labute approximate surface area is 143 Å². The fourth-order valence-electron chi connectivity index (χ4n) is 2.07. The van der Waals surface area contributed by atoms with Gasteiger partial charge >= 0.3 is 6.01 Å². The highest BCUT2D eigenvalue weighted by Gasteiger charge is 2.20. The fourth-order valence-corrected chi connectivity index (χ4v) is 3.25. The SMILES string of the molecule is Cc1cc(C(=O)Nc2nnc(CS(=O)(=O)c3ccccc3)o2)nn1C. The number of nitrogens with one attached hydrogen (secondary N) is 1. The topological polar surface area (TPSA) is 120 Å². The van der Waals surface area contributed by atoms with Crippen molar-refractivity contribution in [2.45, 2.75) is 17.6 Å². The van der Waals surface area contributed by atoms with Crippen LogP contribution < -0.4 is 5.32 Å². The molecule has 3 aromatic rings. The average Bonchev–Trinajstić information content (AvgIpc) is 3.14. The van der Waals surface area contributed by atoms with Gasteiger partial charge in [-0.2, -0.15) is 5.10 Å². The molecule has 3 rings (SSSR count). The Morgan fingerprint density at radius 2 is 1.96 bits per heavy atom. The van der Waals surface area contributed by atoms with Crippen molar-refractivity contribution >= 4 is 21.8 Å². The molecule has 0 aliphatic heterocycles. The Balaban J connectivity index is 1.71. The third-order valence-electron chi connectivity index (χ3n) is 3.45. The van der Waals surface area contributed by atoms with Crippen LogP contribution in [-0.2, 0) is 22.6 Å². The maximum atomic E-state index is 12.3. The van der Waals surface area contributed by atoms with Gasteiger partial charge in [0.05, 0.1) is 4.90 Å². The smallest absolute Gasteiger partial charge is 0.322 e. The first kappa shape index (κ1) is 16.8. The molecule has 0 aliphatic rings. The van der Waals surface area contributed by atoms with E-state index in [-0.39, 0.29) is 22.5 Å². The number of carbonyl (C=O) groups excluding carboxylic acids is 1. The minimum absolute atomic E-state index is 0.114. The normalized spacial score (nSPS) is 11.4. The number of rotatable bonds is 5. The summed E-state index contributed by atoms with van der Waals surface area (Å²) in [6.45, 7) is 1.81. The molecule has 130 valence electrons. The van der Waals surface area contributed by atoms with E-state index in [0.717, 1.165) is 5.69 Å². The lowest BCUT2D eigenvalue weighted by molar-refractivity contribution is 0.101. The molecule has 0 saturated heterocycles. The van der Waals surface area contributed by atoms with Crippen molar-refractivity contribution in [3.8, 4) is 0 Å². The maximum Gasteiger partial charge on any atom is 0.322 e. The third-order valence-corrected chi connectivity index (χ3v) is 5.07. The number of hydrogen-bond donors (Lipinski definition) is 1. The summed E-state index contributed by atoms with van der Waals surface area (Å²) in [6.07, 6.45) is 0. The summed E-state index contributed by atoms with van der Waals surface area (Å²) in [5.74, 6) is -1.09. The van der Waals surface area contributed by atoms with Gasteiger partial charge in [0.1, 0.15) is 5.75 Å². The predicted molar refractivity (Wildman–Crippen MR) is 87.5 cm³/mol. The molecule has 1 aromatic carbocycles. The molecule has 9 nitrogen and oxygen atoms in total. The van der Waals surface area contributed by atoms with Crippen LogP contribution in [0, 0.1) is 6.92 Å². The molecular formula is C15H15N5O4S. The summed E-state index contributed by atoms with van der Waals surface area (Å²) >= 11 is 0. The Hall–Kier alpha value is -3.01. The van der Waals surface area contributed by atoms with Crippen molar-refractivity contribution in [3.63, 3.8) is 0 Å². The highest BCUT2D eigenvalue weighted by atomic mass is 32.2. The Kier molecular flexibility index (Phi) is 4.36. The number of nitrogens with zero attached hydrogens (tertiary/aromatic N) is 4. The zero-order valence-electron chi connectivity index (χ0n) is 13.5. The molecule has 0 bridgehead atoms. The second-order valence-electron chi connectivity index (χ2n) is 5.32. The minimum Gasteiger partial charge on any atom is -0.407 e. The number of aryl methyl sites for hydroxylation is 2. The van der Waals surface area contributed by atoms with Crippen LogP contribution in [0.5, 0.6) is 0 Å². The van der Waals surface area contributed by atoms with E-state index in [2.05, 4.69) is 20.6 Å². The van der Waals surface area contributed by atoms with Crippen molar-refractivity contribution in [1.29, 1.82) is 0 Å². The largest absolute Gasteiger partial charge is 0.407 e. The molecule has 0 atom stereocenters. The van der Waals surface area contributed by atoms with Crippen LogP contribution in [0.15, 0.2) is 45.7 Å².